The summed E-state index contributed by atoms with van der Waals surface area (Å²) in [4.78, 5) is 11.5. The van der Waals surface area contributed by atoms with Crippen molar-refractivity contribution in [1.82, 2.24) is 0 Å². The first-order valence-electron chi connectivity index (χ1n) is 8.92. The molecular weight excluding hydrogens is 324 g/mol. The predicted octanol–water partition coefficient (Wildman–Crippen LogP) is 5.40. The standard InChI is InChI=1S/C23H24O3/c1-16(2)26-22-12-8-17(9-13-23(24)25-3)14-21(22)20-11-10-18-6-4-5-7-19(18)15-20/h4-8,10-12,14-16H,9,13H2,1-3H3. The third-order valence-corrected chi connectivity index (χ3v) is 4.31. The smallest absolute Gasteiger partial charge is 0.305 e. The van der Waals surface area contributed by atoms with Gasteiger partial charge in [0, 0.05) is 12.0 Å². The highest BCUT2D eigenvalue weighted by atomic mass is 16.5. The van der Waals surface area contributed by atoms with Crippen molar-refractivity contribution in [1.29, 1.82) is 0 Å². The quantitative estimate of drug-likeness (QED) is 0.560. The highest BCUT2D eigenvalue weighted by molar-refractivity contribution is 5.88. The molecule has 3 heteroatoms. The zero-order valence-electron chi connectivity index (χ0n) is 15.5. The molecule has 26 heavy (non-hydrogen) atoms. The van der Waals surface area contributed by atoms with E-state index < -0.39 is 0 Å². The Labute approximate surface area is 154 Å². The van der Waals surface area contributed by atoms with Gasteiger partial charge in [-0.25, -0.2) is 0 Å². The molecule has 0 amide bonds. The van der Waals surface area contributed by atoms with E-state index in [4.69, 9.17) is 9.47 Å². The second-order valence-electron chi connectivity index (χ2n) is 6.64. The van der Waals surface area contributed by atoms with Crippen molar-refractivity contribution < 1.29 is 14.3 Å². The maximum atomic E-state index is 11.5. The minimum absolute atomic E-state index is 0.0927. The van der Waals surface area contributed by atoms with Gasteiger partial charge >= 0.3 is 5.97 Å². The largest absolute Gasteiger partial charge is 0.490 e. The van der Waals surface area contributed by atoms with Gasteiger partial charge in [0.15, 0.2) is 0 Å². The fourth-order valence-electron chi connectivity index (χ4n) is 3.02. The molecule has 134 valence electrons. The van der Waals surface area contributed by atoms with Crippen LogP contribution in [0.4, 0.5) is 0 Å². The molecule has 0 saturated carbocycles. The van der Waals surface area contributed by atoms with Crippen molar-refractivity contribution in [2.75, 3.05) is 7.11 Å². The van der Waals surface area contributed by atoms with Gasteiger partial charge in [-0.2, -0.15) is 0 Å². The summed E-state index contributed by atoms with van der Waals surface area (Å²) in [5.74, 6) is 0.664. The van der Waals surface area contributed by atoms with Gasteiger partial charge in [-0.1, -0.05) is 42.5 Å². The van der Waals surface area contributed by atoms with Crippen LogP contribution in [0.25, 0.3) is 21.9 Å². The average molecular weight is 348 g/mol. The molecule has 0 spiro atoms. The number of fused-ring (bicyclic) bond motifs is 1. The zero-order valence-corrected chi connectivity index (χ0v) is 15.5. The normalized spacial score (nSPS) is 10.9. The summed E-state index contributed by atoms with van der Waals surface area (Å²) in [6.07, 6.45) is 1.11. The van der Waals surface area contributed by atoms with E-state index >= 15 is 0 Å². The van der Waals surface area contributed by atoms with Gasteiger partial charge in [0.1, 0.15) is 5.75 Å². The van der Waals surface area contributed by atoms with Gasteiger partial charge in [0.2, 0.25) is 0 Å². The van der Waals surface area contributed by atoms with Crippen LogP contribution in [-0.2, 0) is 16.0 Å². The Bertz CT molecular complexity index is 912. The molecule has 3 rings (SSSR count). The number of benzene rings is 3. The fraction of sp³-hybridized carbons (Fsp3) is 0.261. The zero-order chi connectivity index (χ0) is 18.5. The third kappa shape index (κ3) is 4.23. The number of aryl methyl sites for hydroxylation is 1. The van der Waals surface area contributed by atoms with Crippen LogP contribution in [0, 0.1) is 0 Å². The molecule has 3 nitrogen and oxygen atoms in total. The van der Waals surface area contributed by atoms with Gasteiger partial charge in [0.25, 0.3) is 0 Å². The number of hydrogen-bond acceptors (Lipinski definition) is 3. The molecule has 0 bridgehead atoms. The van der Waals surface area contributed by atoms with Gasteiger partial charge in [0.05, 0.1) is 13.2 Å². The van der Waals surface area contributed by atoms with E-state index in [1.54, 1.807) is 0 Å². The molecule has 0 heterocycles. The van der Waals surface area contributed by atoms with E-state index in [0.29, 0.717) is 12.8 Å². The van der Waals surface area contributed by atoms with Crippen LogP contribution in [0.5, 0.6) is 5.75 Å². The highest BCUT2D eigenvalue weighted by Crippen LogP contribution is 2.34. The molecule has 3 aromatic carbocycles. The van der Waals surface area contributed by atoms with Crippen LogP contribution in [0.1, 0.15) is 25.8 Å². The molecule has 0 aliphatic carbocycles. The Balaban J connectivity index is 2.00. The molecule has 0 fully saturated rings. The second kappa shape index (κ2) is 8.05. The van der Waals surface area contributed by atoms with Crippen molar-refractivity contribution >= 4 is 16.7 Å². The van der Waals surface area contributed by atoms with Crippen LogP contribution < -0.4 is 4.74 Å². The summed E-state index contributed by atoms with van der Waals surface area (Å²) >= 11 is 0. The van der Waals surface area contributed by atoms with Crippen LogP contribution in [0.15, 0.2) is 60.7 Å². The Morgan fingerprint density at radius 1 is 0.962 bits per heavy atom. The predicted molar refractivity (Wildman–Crippen MR) is 105 cm³/mol. The van der Waals surface area contributed by atoms with Gasteiger partial charge in [-0.15, -0.1) is 0 Å². The van der Waals surface area contributed by atoms with E-state index in [-0.39, 0.29) is 12.1 Å². The molecule has 0 aliphatic rings. The number of esters is 1. The van der Waals surface area contributed by atoms with Crippen molar-refractivity contribution in [2.24, 2.45) is 0 Å². The number of carbonyl (C=O) groups is 1. The minimum Gasteiger partial charge on any atom is -0.490 e. The molecule has 0 N–H and O–H groups in total. The van der Waals surface area contributed by atoms with Crippen molar-refractivity contribution in [2.45, 2.75) is 32.8 Å². The Hall–Kier alpha value is -2.81. The maximum Gasteiger partial charge on any atom is 0.305 e. The summed E-state index contributed by atoms with van der Waals surface area (Å²) in [5.41, 5.74) is 3.25. The van der Waals surface area contributed by atoms with Crippen molar-refractivity contribution in [3.63, 3.8) is 0 Å². The number of ether oxygens (including phenoxy) is 2. The van der Waals surface area contributed by atoms with Crippen molar-refractivity contribution in [3.8, 4) is 16.9 Å². The minimum atomic E-state index is -0.195. The van der Waals surface area contributed by atoms with Gasteiger partial charge < -0.3 is 9.47 Å². The highest BCUT2D eigenvalue weighted by Gasteiger charge is 2.11. The first-order chi connectivity index (χ1) is 12.6. The number of methoxy groups -OCH3 is 1. The molecule has 0 aliphatic heterocycles. The molecule has 0 aromatic heterocycles. The molecule has 0 saturated heterocycles. The van der Waals surface area contributed by atoms with E-state index in [9.17, 15) is 4.79 Å². The van der Waals surface area contributed by atoms with Crippen LogP contribution in [-0.4, -0.2) is 19.2 Å². The Morgan fingerprint density at radius 2 is 1.73 bits per heavy atom. The number of carbonyl (C=O) groups excluding carboxylic acids is 1. The van der Waals surface area contributed by atoms with Crippen LogP contribution in [0.2, 0.25) is 0 Å². The third-order valence-electron chi connectivity index (χ3n) is 4.31. The first-order valence-corrected chi connectivity index (χ1v) is 8.92. The van der Waals surface area contributed by atoms with Gasteiger partial charge in [-0.3, -0.25) is 4.79 Å². The lowest BCUT2D eigenvalue weighted by Crippen LogP contribution is -2.07. The lowest BCUT2D eigenvalue weighted by Gasteiger charge is -2.16. The first kappa shape index (κ1) is 18.0. The topological polar surface area (TPSA) is 35.5 Å². The summed E-state index contributed by atoms with van der Waals surface area (Å²) in [7, 11) is 1.42. The second-order valence-corrected chi connectivity index (χ2v) is 6.64. The number of rotatable bonds is 6. The van der Waals surface area contributed by atoms with Crippen LogP contribution >= 0.6 is 0 Å². The summed E-state index contributed by atoms with van der Waals surface area (Å²) in [6.45, 7) is 4.05. The van der Waals surface area contributed by atoms with E-state index in [1.807, 2.05) is 38.1 Å². The SMILES string of the molecule is COC(=O)CCc1ccc(OC(C)C)c(-c2ccc3ccccc3c2)c1. The van der Waals surface area contributed by atoms with Crippen LogP contribution in [0.3, 0.4) is 0 Å². The molecular formula is C23H24O3. The lowest BCUT2D eigenvalue weighted by atomic mass is 9.97. The monoisotopic (exact) mass is 348 g/mol. The lowest BCUT2D eigenvalue weighted by molar-refractivity contribution is -0.140. The molecule has 0 atom stereocenters. The van der Waals surface area contributed by atoms with E-state index in [1.165, 1.54) is 17.9 Å². The number of hydrogen-bond donors (Lipinski definition) is 0. The summed E-state index contributed by atoms with van der Waals surface area (Å²) in [5, 5.41) is 2.41. The Morgan fingerprint density at radius 3 is 2.46 bits per heavy atom. The maximum absolute atomic E-state index is 11.5. The van der Waals surface area contributed by atoms with Gasteiger partial charge in [-0.05, 0) is 60.4 Å². The Kier molecular flexibility index (Phi) is 5.57. The molecule has 0 unspecified atom stereocenters. The van der Waals surface area contributed by atoms with Crippen molar-refractivity contribution in [3.05, 3.63) is 66.2 Å². The van der Waals surface area contributed by atoms with E-state index in [2.05, 4.69) is 36.4 Å². The molecule has 0 radical (unpaired) electrons. The fourth-order valence-corrected chi connectivity index (χ4v) is 3.02. The molecule has 3 aromatic rings. The average Bonchev–Trinajstić information content (AvgIpc) is 2.66. The summed E-state index contributed by atoms with van der Waals surface area (Å²) in [6, 6.07) is 20.9. The summed E-state index contributed by atoms with van der Waals surface area (Å²) < 4.78 is 10.8. The van der Waals surface area contributed by atoms with E-state index in [0.717, 1.165) is 22.4 Å².